The Labute approximate surface area is 139 Å². The molecular weight excluding hydrogens is 308 g/mol. The summed E-state index contributed by atoms with van der Waals surface area (Å²) in [5, 5.41) is 30.9. The molecule has 0 saturated heterocycles. The molecule has 2 aliphatic carbocycles. The second kappa shape index (κ2) is 5.11. The third-order valence-electron chi connectivity index (χ3n) is 5.49. The van der Waals surface area contributed by atoms with Crippen molar-refractivity contribution in [1.82, 2.24) is 0 Å². The van der Waals surface area contributed by atoms with Crippen LogP contribution in [0.5, 0.6) is 17.2 Å². The molecule has 1 aromatic carbocycles. The predicted molar refractivity (Wildman–Crippen MR) is 87.7 cm³/mol. The zero-order valence-electron chi connectivity index (χ0n) is 13.7. The Morgan fingerprint density at radius 2 is 2.04 bits per heavy atom. The molecule has 4 rings (SSSR count). The number of phenols is 2. The Hall–Kier alpha value is -2.27. The van der Waals surface area contributed by atoms with Crippen LogP contribution in [0.1, 0.15) is 54.1 Å². The number of rotatable bonds is 1. The van der Waals surface area contributed by atoms with Gasteiger partial charge >= 0.3 is 0 Å². The number of carbonyl (C=O) groups excluding carboxylic acids is 1. The molecular formula is C19H20O5. The van der Waals surface area contributed by atoms with E-state index < -0.39 is 0 Å². The molecule has 0 bridgehead atoms. The number of hydrogen-bond acceptors (Lipinski definition) is 5. The van der Waals surface area contributed by atoms with E-state index >= 15 is 0 Å². The van der Waals surface area contributed by atoms with Crippen molar-refractivity contribution in [2.24, 2.45) is 0 Å². The van der Waals surface area contributed by atoms with Crippen molar-refractivity contribution in [3.63, 3.8) is 0 Å². The summed E-state index contributed by atoms with van der Waals surface area (Å²) >= 11 is 0. The maximum absolute atomic E-state index is 12.7. The molecule has 0 amide bonds. The van der Waals surface area contributed by atoms with Gasteiger partial charge in [-0.1, -0.05) is 0 Å². The fourth-order valence-corrected chi connectivity index (χ4v) is 4.25. The third-order valence-corrected chi connectivity index (χ3v) is 5.49. The van der Waals surface area contributed by atoms with Crippen molar-refractivity contribution in [1.29, 1.82) is 0 Å². The lowest BCUT2D eigenvalue weighted by Gasteiger charge is -2.33. The molecule has 3 N–H and O–H groups in total. The zero-order chi connectivity index (χ0) is 17.2. The van der Waals surface area contributed by atoms with Gasteiger partial charge in [-0.05, 0) is 49.5 Å². The van der Waals surface area contributed by atoms with Crippen LogP contribution >= 0.6 is 0 Å². The van der Waals surface area contributed by atoms with E-state index in [-0.39, 0.29) is 41.5 Å². The van der Waals surface area contributed by atoms with E-state index in [1.54, 1.807) is 6.08 Å². The summed E-state index contributed by atoms with van der Waals surface area (Å²) in [4.78, 5) is 12.7. The number of carbonyl (C=O) groups is 1. The summed E-state index contributed by atoms with van der Waals surface area (Å²) < 4.78 is 5.68. The molecule has 1 heterocycles. The van der Waals surface area contributed by atoms with Crippen LogP contribution in [-0.4, -0.2) is 33.8 Å². The topological polar surface area (TPSA) is 87.0 Å². The summed E-state index contributed by atoms with van der Waals surface area (Å²) in [6, 6.07) is 0. The Morgan fingerprint density at radius 1 is 1.29 bits per heavy atom. The van der Waals surface area contributed by atoms with Crippen LogP contribution in [0.2, 0.25) is 0 Å². The third kappa shape index (κ3) is 1.88. The molecule has 0 spiro atoms. The highest BCUT2D eigenvalue weighted by Gasteiger charge is 2.40. The van der Waals surface area contributed by atoms with Gasteiger partial charge in [0.1, 0.15) is 11.9 Å². The van der Waals surface area contributed by atoms with Crippen LogP contribution < -0.4 is 4.74 Å². The summed E-state index contributed by atoms with van der Waals surface area (Å²) in [5.41, 5.74) is 3.84. The van der Waals surface area contributed by atoms with Crippen molar-refractivity contribution in [2.75, 3.05) is 6.61 Å². The van der Waals surface area contributed by atoms with Crippen LogP contribution in [-0.2, 0) is 6.42 Å². The Balaban J connectivity index is 1.96. The molecule has 126 valence electrons. The summed E-state index contributed by atoms with van der Waals surface area (Å²) in [5.74, 6) is -0.237. The van der Waals surface area contributed by atoms with Crippen molar-refractivity contribution >= 4 is 5.78 Å². The van der Waals surface area contributed by atoms with Crippen LogP contribution in [0.4, 0.5) is 0 Å². The molecule has 0 aromatic heterocycles. The number of benzene rings is 1. The zero-order valence-corrected chi connectivity index (χ0v) is 13.7. The minimum atomic E-state index is -0.301. The highest BCUT2D eigenvalue weighted by molar-refractivity contribution is 6.11. The second-order valence-electron chi connectivity index (χ2n) is 6.87. The second-order valence-corrected chi connectivity index (χ2v) is 6.87. The molecule has 1 aromatic rings. The van der Waals surface area contributed by atoms with E-state index in [1.807, 2.05) is 13.8 Å². The first kappa shape index (κ1) is 15.3. The van der Waals surface area contributed by atoms with Crippen LogP contribution in [0, 0.1) is 0 Å². The maximum Gasteiger partial charge on any atom is 0.190 e. The van der Waals surface area contributed by atoms with Crippen LogP contribution in [0.3, 0.4) is 0 Å². The number of fused-ring (bicyclic) bond motifs is 4. The van der Waals surface area contributed by atoms with E-state index in [0.717, 1.165) is 16.7 Å². The van der Waals surface area contributed by atoms with Gasteiger partial charge in [0.15, 0.2) is 17.3 Å². The smallest absolute Gasteiger partial charge is 0.190 e. The lowest BCUT2D eigenvalue weighted by Crippen LogP contribution is -2.21. The largest absolute Gasteiger partial charge is 0.507 e. The average Bonchev–Trinajstić information content (AvgIpc) is 2.95. The molecule has 24 heavy (non-hydrogen) atoms. The van der Waals surface area contributed by atoms with Gasteiger partial charge in [-0.2, -0.15) is 0 Å². The summed E-state index contributed by atoms with van der Waals surface area (Å²) in [7, 11) is 0. The lowest BCUT2D eigenvalue weighted by molar-refractivity contribution is 0.103. The highest BCUT2D eigenvalue weighted by atomic mass is 16.5. The minimum Gasteiger partial charge on any atom is -0.507 e. The first-order chi connectivity index (χ1) is 11.4. The molecule has 5 nitrogen and oxygen atoms in total. The minimum absolute atomic E-state index is 0.0219. The van der Waals surface area contributed by atoms with Crippen molar-refractivity contribution in [3.05, 3.63) is 39.5 Å². The molecule has 0 saturated carbocycles. The van der Waals surface area contributed by atoms with Crippen LogP contribution in [0.15, 0.2) is 22.8 Å². The molecule has 1 aliphatic heterocycles. The van der Waals surface area contributed by atoms with Gasteiger partial charge in [0.2, 0.25) is 0 Å². The lowest BCUT2D eigenvalue weighted by atomic mass is 9.70. The van der Waals surface area contributed by atoms with Gasteiger partial charge in [-0.3, -0.25) is 4.79 Å². The predicted octanol–water partition coefficient (Wildman–Crippen LogP) is 2.73. The monoisotopic (exact) mass is 328 g/mol. The van der Waals surface area contributed by atoms with Crippen LogP contribution in [0.25, 0.3) is 0 Å². The summed E-state index contributed by atoms with van der Waals surface area (Å²) in [6.07, 6.45) is 3.26. The number of aliphatic hydroxyl groups is 1. The molecule has 0 unspecified atom stereocenters. The number of ketones is 1. The first-order valence-electron chi connectivity index (χ1n) is 8.27. The van der Waals surface area contributed by atoms with Gasteiger partial charge < -0.3 is 20.1 Å². The van der Waals surface area contributed by atoms with Gasteiger partial charge in [-0.25, -0.2) is 0 Å². The highest BCUT2D eigenvalue weighted by Crippen LogP contribution is 2.55. The van der Waals surface area contributed by atoms with Gasteiger partial charge in [0.25, 0.3) is 0 Å². The van der Waals surface area contributed by atoms with E-state index in [9.17, 15) is 20.1 Å². The number of hydrogen-bond donors (Lipinski definition) is 3. The Kier molecular flexibility index (Phi) is 3.25. The van der Waals surface area contributed by atoms with E-state index in [0.29, 0.717) is 36.1 Å². The Morgan fingerprint density at radius 3 is 2.75 bits per heavy atom. The van der Waals surface area contributed by atoms with Gasteiger partial charge in [0.05, 0.1) is 12.2 Å². The first-order valence-corrected chi connectivity index (χ1v) is 8.27. The normalized spacial score (nSPS) is 25.0. The maximum atomic E-state index is 12.7. The number of aromatic hydroxyl groups is 2. The quantitative estimate of drug-likeness (QED) is 0.690. The van der Waals surface area contributed by atoms with Gasteiger partial charge in [-0.15, -0.1) is 0 Å². The van der Waals surface area contributed by atoms with E-state index in [2.05, 4.69) is 0 Å². The van der Waals surface area contributed by atoms with Crippen molar-refractivity contribution in [2.45, 2.75) is 45.1 Å². The number of aliphatic hydroxyl groups excluding tert-OH is 1. The Bertz CT molecular complexity index is 831. The summed E-state index contributed by atoms with van der Waals surface area (Å²) in [6.45, 7) is 3.73. The molecule has 0 radical (unpaired) electrons. The van der Waals surface area contributed by atoms with E-state index in [1.165, 1.54) is 0 Å². The SMILES string of the molecule is CC1=C(CO)CC[C@@H]2C1=CC(=O)c1c(O)c3c(c(O)c12)O[C@@H](C)C3. The standard InChI is InChI=1S/C19H20O5/c1-8-5-13-17(22)16-14(21)6-12-9(2)10(7-20)3-4-11(12)15(16)18(23)19(13)24-8/h6,8,11,20,22-23H,3-5,7H2,1-2H3/t8-,11+/m0/s1. The number of phenolic OH excluding ortho intramolecular Hbond substituents is 2. The molecule has 5 heteroatoms. The molecule has 0 fully saturated rings. The number of ether oxygens (including phenoxy) is 1. The molecule has 3 aliphatic rings. The van der Waals surface area contributed by atoms with Crippen molar-refractivity contribution < 1.29 is 24.9 Å². The average molecular weight is 328 g/mol. The molecule has 2 atom stereocenters. The number of allylic oxidation sites excluding steroid dienone is 3. The van der Waals surface area contributed by atoms with E-state index in [4.69, 9.17) is 4.74 Å². The fourth-order valence-electron chi connectivity index (χ4n) is 4.25. The fraction of sp³-hybridized carbons (Fsp3) is 0.421. The van der Waals surface area contributed by atoms with Gasteiger partial charge in [0, 0.05) is 23.5 Å². The van der Waals surface area contributed by atoms with Crippen molar-refractivity contribution in [3.8, 4) is 17.2 Å².